The molecule has 2 aromatic rings. The van der Waals surface area contributed by atoms with E-state index in [0.717, 1.165) is 52.9 Å². The Balaban J connectivity index is 1.88. The van der Waals surface area contributed by atoms with Gasteiger partial charge in [0.25, 0.3) is 0 Å². The van der Waals surface area contributed by atoms with Crippen molar-refractivity contribution < 1.29 is 4.74 Å². The molecule has 1 saturated carbocycles. The van der Waals surface area contributed by atoms with Crippen LogP contribution in [-0.2, 0) is 6.42 Å². The van der Waals surface area contributed by atoms with E-state index in [2.05, 4.69) is 28.7 Å². The summed E-state index contributed by atoms with van der Waals surface area (Å²) in [5, 5.41) is 0. The molecule has 0 unspecified atom stereocenters. The lowest BCUT2D eigenvalue weighted by atomic mass is 9.92. The van der Waals surface area contributed by atoms with Gasteiger partial charge in [0.05, 0.1) is 24.6 Å². The number of fused-ring (bicyclic) bond motifs is 1. The summed E-state index contributed by atoms with van der Waals surface area (Å²) in [5.74, 6) is 1.07. The first kappa shape index (κ1) is 18.4. The minimum Gasteiger partial charge on any atom is -0.481 e. The molecule has 2 aliphatic rings. The van der Waals surface area contributed by atoms with Crippen molar-refractivity contribution >= 4 is 11.5 Å². The number of nitrogens with zero attached hydrogens (tertiary/aromatic N) is 3. The second-order valence-corrected chi connectivity index (χ2v) is 7.42. The largest absolute Gasteiger partial charge is 0.481 e. The van der Waals surface area contributed by atoms with Gasteiger partial charge >= 0.3 is 0 Å². The van der Waals surface area contributed by atoms with Gasteiger partial charge in [-0.05, 0) is 42.5 Å². The van der Waals surface area contributed by atoms with Gasteiger partial charge in [0.2, 0.25) is 5.88 Å². The Bertz CT molecular complexity index is 938. The Morgan fingerprint density at radius 3 is 2.75 bits per heavy atom. The second kappa shape index (κ2) is 7.97. The monoisotopic (exact) mass is 374 g/mol. The summed E-state index contributed by atoms with van der Waals surface area (Å²) in [6.45, 7) is 4.29. The number of hydrogen-bond acceptors (Lipinski definition) is 5. The molecule has 5 nitrogen and oxygen atoms in total. The molecule has 0 atom stereocenters. The Kier molecular flexibility index (Phi) is 5.24. The summed E-state index contributed by atoms with van der Waals surface area (Å²) in [4.78, 5) is 14.2. The lowest BCUT2D eigenvalue weighted by molar-refractivity contribution is 0.398. The highest BCUT2D eigenvalue weighted by atomic mass is 16.5. The van der Waals surface area contributed by atoms with Crippen LogP contribution >= 0.6 is 0 Å². The lowest BCUT2D eigenvalue weighted by Crippen LogP contribution is -2.16. The fraction of sp³-hybridized carbons (Fsp3) is 0.348. The normalized spacial score (nSPS) is 18.8. The van der Waals surface area contributed by atoms with Crippen molar-refractivity contribution in [2.75, 3.05) is 12.8 Å². The summed E-state index contributed by atoms with van der Waals surface area (Å²) in [6, 6.07) is 6.11. The predicted octanol–water partition coefficient (Wildman–Crippen LogP) is 4.52. The molecule has 2 aliphatic carbocycles. The first-order chi connectivity index (χ1) is 13.7. The van der Waals surface area contributed by atoms with Crippen LogP contribution in [0.3, 0.4) is 0 Å². The van der Waals surface area contributed by atoms with E-state index in [1.54, 1.807) is 13.3 Å². The number of methoxy groups -OCH3 is 1. The molecule has 0 amide bonds. The van der Waals surface area contributed by atoms with E-state index in [0.29, 0.717) is 17.7 Å². The molecule has 1 fully saturated rings. The van der Waals surface area contributed by atoms with E-state index in [-0.39, 0.29) is 0 Å². The molecule has 144 valence electrons. The topological polar surface area (TPSA) is 73.4 Å². The third-order valence-corrected chi connectivity index (χ3v) is 5.42. The van der Waals surface area contributed by atoms with E-state index in [4.69, 9.17) is 15.5 Å². The van der Waals surface area contributed by atoms with Crippen molar-refractivity contribution in [1.29, 1.82) is 0 Å². The number of anilines is 1. The van der Waals surface area contributed by atoms with Gasteiger partial charge in [-0.1, -0.05) is 38.0 Å². The molecule has 2 aromatic heterocycles. The number of allylic oxidation sites excluding steroid dienone is 3. The molecule has 4 rings (SSSR count). The fourth-order valence-corrected chi connectivity index (χ4v) is 4.00. The maximum atomic E-state index is 6.15. The summed E-state index contributed by atoms with van der Waals surface area (Å²) in [7, 11) is 1.61. The zero-order valence-electron chi connectivity index (χ0n) is 16.3. The first-order valence-corrected chi connectivity index (χ1v) is 9.89. The second-order valence-electron chi connectivity index (χ2n) is 7.42. The van der Waals surface area contributed by atoms with Gasteiger partial charge in [0, 0.05) is 23.4 Å². The van der Waals surface area contributed by atoms with Gasteiger partial charge in [0.1, 0.15) is 5.82 Å². The molecule has 2 heterocycles. The molecule has 0 bridgehead atoms. The molecule has 0 radical (unpaired) electrons. The van der Waals surface area contributed by atoms with Gasteiger partial charge in [-0.25, -0.2) is 9.97 Å². The first-order valence-electron chi connectivity index (χ1n) is 9.89. The van der Waals surface area contributed by atoms with Crippen molar-refractivity contribution in [3.63, 3.8) is 0 Å². The Morgan fingerprint density at radius 1 is 1.21 bits per heavy atom. The van der Waals surface area contributed by atoms with E-state index in [1.807, 2.05) is 18.2 Å². The summed E-state index contributed by atoms with van der Waals surface area (Å²) in [5.41, 5.74) is 11.9. The van der Waals surface area contributed by atoms with E-state index in [9.17, 15) is 0 Å². The van der Waals surface area contributed by atoms with Crippen LogP contribution in [0.5, 0.6) is 5.88 Å². The van der Waals surface area contributed by atoms with Crippen LogP contribution < -0.4 is 10.5 Å². The summed E-state index contributed by atoms with van der Waals surface area (Å²) in [6.07, 6.45) is 12.8. The zero-order valence-corrected chi connectivity index (χ0v) is 16.3. The number of nitrogens with two attached hydrogens (primary N) is 1. The average Bonchev–Trinajstić information content (AvgIpc) is 2.87. The Hall–Kier alpha value is -2.95. The highest BCUT2D eigenvalue weighted by Crippen LogP contribution is 2.32. The molecular weight excluding hydrogens is 348 g/mol. The maximum absolute atomic E-state index is 6.15. The molecular formula is C23H26N4O. The van der Waals surface area contributed by atoms with Gasteiger partial charge in [-0.2, -0.15) is 0 Å². The standard InChI is InChI=1S/C23H26N4O/c1-15-7-6-8-16-13-19(24)27-23(17-11-12-20(28-2)25-14-17)21(16)22(15)26-18-9-4-3-5-10-18/h6-7,11-14,18H,1,3-5,8-10H2,2H3,(H2,24,27). The Morgan fingerprint density at radius 2 is 2.04 bits per heavy atom. The number of pyridine rings is 2. The van der Waals surface area contributed by atoms with Crippen molar-refractivity contribution in [3.8, 4) is 17.1 Å². The van der Waals surface area contributed by atoms with Crippen LogP contribution in [0.2, 0.25) is 0 Å². The van der Waals surface area contributed by atoms with Crippen molar-refractivity contribution in [3.05, 3.63) is 59.8 Å². The molecule has 0 saturated heterocycles. The Labute approximate surface area is 166 Å². The maximum Gasteiger partial charge on any atom is 0.212 e. The number of aliphatic imine (C=N–C) groups is 1. The SMILES string of the molecule is C=C1C=CCc2cc(N)nc(-c3ccc(OC)nc3)c2C1=NC1CCCCC1. The molecule has 28 heavy (non-hydrogen) atoms. The van der Waals surface area contributed by atoms with Crippen LogP contribution in [0.15, 0.2) is 53.7 Å². The number of nitrogen functional groups attached to an aromatic ring is 1. The van der Waals surface area contributed by atoms with Crippen LogP contribution in [-0.4, -0.2) is 28.8 Å². The van der Waals surface area contributed by atoms with Crippen molar-refractivity contribution in [2.45, 2.75) is 44.6 Å². The van der Waals surface area contributed by atoms with Crippen LogP contribution in [0.25, 0.3) is 11.3 Å². The quantitative estimate of drug-likeness (QED) is 0.857. The van der Waals surface area contributed by atoms with Crippen LogP contribution in [0.4, 0.5) is 5.82 Å². The number of hydrogen-bond donors (Lipinski definition) is 1. The van der Waals surface area contributed by atoms with Crippen molar-refractivity contribution in [1.82, 2.24) is 9.97 Å². The molecule has 2 N–H and O–H groups in total. The van der Waals surface area contributed by atoms with Gasteiger partial charge in [-0.3, -0.25) is 4.99 Å². The molecule has 0 aromatic carbocycles. The third kappa shape index (κ3) is 3.70. The number of ether oxygens (including phenoxy) is 1. The van der Waals surface area contributed by atoms with Gasteiger partial charge in [0.15, 0.2) is 0 Å². The van der Waals surface area contributed by atoms with Crippen LogP contribution in [0.1, 0.15) is 43.2 Å². The van der Waals surface area contributed by atoms with Gasteiger partial charge < -0.3 is 10.5 Å². The smallest absolute Gasteiger partial charge is 0.212 e. The third-order valence-electron chi connectivity index (χ3n) is 5.42. The minimum atomic E-state index is 0.347. The predicted molar refractivity (Wildman–Crippen MR) is 114 cm³/mol. The molecule has 0 spiro atoms. The number of aromatic nitrogens is 2. The minimum absolute atomic E-state index is 0.347. The molecule has 0 aliphatic heterocycles. The highest BCUT2D eigenvalue weighted by Gasteiger charge is 2.23. The van der Waals surface area contributed by atoms with E-state index < -0.39 is 0 Å². The van der Waals surface area contributed by atoms with E-state index >= 15 is 0 Å². The lowest BCUT2D eigenvalue weighted by Gasteiger charge is -2.21. The summed E-state index contributed by atoms with van der Waals surface area (Å²) >= 11 is 0. The fourth-order valence-electron chi connectivity index (χ4n) is 4.00. The number of rotatable bonds is 3. The zero-order chi connectivity index (χ0) is 19.5. The summed E-state index contributed by atoms with van der Waals surface area (Å²) < 4.78 is 5.20. The van der Waals surface area contributed by atoms with Gasteiger partial charge in [-0.15, -0.1) is 0 Å². The molecule has 5 heteroatoms. The van der Waals surface area contributed by atoms with Crippen molar-refractivity contribution in [2.24, 2.45) is 4.99 Å². The van der Waals surface area contributed by atoms with Crippen LogP contribution in [0, 0.1) is 0 Å². The highest BCUT2D eigenvalue weighted by molar-refractivity contribution is 6.18. The average molecular weight is 374 g/mol. The van der Waals surface area contributed by atoms with E-state index in [1.165, 1.54) is 19.3 Å².